The summed E-state index contributed by atoms with van der Waals surface area (Å²) in [5.41, 5.74) is 2.91. The number of anilines is 1. The predicted molar refractivity (Wildman–Crippen MR) is 99.5 cm³/mol. The summed E-state index contributed by atoms with van der Waals surface area (Å²) >= 11 is 6.10. The molecule has 25 heavy (non-hydrogen) atoms. The smallest absolute Gasteiger partial charge is 0.262 e. The van der Waals surface area contributed by atoms with E-state index in [1.165, 1.54) is 4.90 Å². The molecule has 132 valence electrons. The van der Waals surface area contributed by atoms with Gasteiger partial charge in [-0.15, -0.1) is 0 Å². The number of rotatable bonds is 5. The molecule has 0 spiro atoms. The van der Waals surface area contributed by atoms with Crippen LogP contribution in [-0.4, -0.2) is 37.4 Å². The van der Waals surface area contributed by atoms with Crippen molar-refractivity contribution in [1.82, 2.24) is 4.90 Å². The van der Waals surface area contributed by atoms with Gasteiger partial charge in [-0.3, -0.25) is 9.59 Å². The Labute approximate surface area is 152 Å². The van der Waals surface area contributed by atoms with E-state index in [0.29, 0.717) is 22.0 Å². The Balaban J connectivity index is 2.05. The SMILES string of the molecule is Cc1ccc(OCC(=O)Nc2cc(C(=O)N(C)C)ccc2Cl)c(C)c1. The highest BCUT2D eigenvalue weighted by Crippen LogP contribution is 2.24. The van der Waals surface area contributed by atoms with Crippen LogP contribution >= 0.6 is 11.6 Å². The molecule has 6 heteroatoms. The highest BCUT2D eigenvalue weighted by molar-refractivity contribution is 6.33. The van der Waals surface area contributed by atoms with E-state index in [2.05, 4.69) is 5.32 Å². The van der Waals surface area contributed by atoms with E-state index >= 15 is 0 Å². The lowest BCUT2D eigenvalue weighted by atomic mass is 10.1. The van der Waals surface area contributed by atoms with E-state index in [1.54, 1.807) is 32.3 Å². The van der Waals surface area contributed by atoms with Gasteiger partial charge in [-0.05, 0) is 43.7 Å². The van der Waals surface area contributed by atoms with Crippen molar-refractivity contribution in [3.8, 4) is 5.75 Å². The van der Waals surface area contributed by atoms with E-state index in [4.69, 9.17) is 16.3 Å². The third-order valence-electron chi connectivity index (χ3n) is 3.58. The Hall–Kier alpha value is -2.53. The molecule has 0 atom stereocenters. The molecule has 2 amide bonds. The van der Waals surface area contributed by atoms with Gasteiger partial charge < -0.3 is 15.0 Å². The maximum Gasteiger partial charge on any atom is 0.262 e. The fourth-order valence-electron chi connectivity index (χ4n) is 2.30. The number of nitrogens with one attached hydrogen (secondary N) is 1. The average Bonchev–Trinajstić information content (AvgIpc) is 2.55. The molecule has 0 aliphatic carbocycles. The lowest BCUT2D eigenvalue weighted by Gasteiger charge is -2.13. The maximum atomic E-state index is 12.1. The molecule has 0 aliphatic rings. The Kier molecular flexibility index (Phi) is 6.04. The minimum Gasteiger partial charge on any atom is -0.483 e. The summed E-state index contributed by atoms with van der Waals surface area (Å²) in [6, 6.07) is 10.5. The van der Waals surface area contributed by atoms with E-state index in [9.17, 15) is 9.59 Å². The number of halogens is 1. The normalized spacial score (nSPS) is 10.3. The molecule has 0 radical (unpaired) electrons. The van der Waals surface area contributed by atoms with Crippen molar-refractivity contribution in [2.24, 2.45) is 0 Å². The van der Waals surface area contributed by atoms with Crippen molar-refractivity contribution >= 4 is 29.1 Å². The van der Waals surface area contributed by atoms with Crippen LogP contribution < -0.4 is 10.1 Å². The highest BCUT2D eigenvalue weighted by Gasteiger charge is 2.13. The molecular weight excluding hydrogens is 340 g/mol. The van der Waals surface area contributed by atoms with Gasteiger partial charge in [0.05, 0.1) is 10.7 Å². The summed E-state index contributed by atoms with van der Waals surface area (Å²) in [6.07, 6.45) is 0. The Morgan fingerprint density at radius 3 is 2.48 bits per heavy atom. The molecule has 0 aliphatic heterocycles. The molecule has 5 nitrogen and oxygen atoms in total. The molecule has 0 fully saturated rings. The molecule has 0 saturated carbocycles. The zero-order valence-corrected chi connectivity index (χ0v) is 15.5. The quantitative estimate of drug-likeness (QED) is 0.884. The molecule has 1 N–H and O–H groups in total. The van der Waals surface area contributed by atoms with Crippen molar-refractivity contribution in [1.29, 1.82) is 0 Å². The van der Waals surface area contributed by atoms with Crippen LogP contribution in [0.15, 0.2) is 36.4 Å². The minimum absolute atomic E-state index is 0.147. The van der Waals surface area contributed by atoms with Crippen LogP contribution in [0, 0.1) is 13.8 Å². The van der Waals surface area contributed by atoms with Crippen molar-refractivity contribution < 1.29 is 14.3 Å². The number of hydrogen-bond acceptors (Lipinski definition) is 3. The average molecular weight is 361 g/mol. The van der Waals surface area contributed by atoms with Gasteiger partial charge in [0, 0.05) is 19.7 Å². The van der Waals surface area contributed by atoms with Gasteiger partial charge in [0.1, 0.15) is 5.75 Å². The fraction of sp³-hybridized carbons (Fsp3) is 0.263. The molecule has 2 aromatic carbocycles. The van der Waals surface area contributed by atoms with E-state index < -0.39 is 0 Å². The fourth-order valence-corrected chi connectivity index (χ4v) is 2.47. The second kappa shape index (κ2) is 8.03. The first-order chi connectivity index (χ1) is 11.8. The topological polar surface area (TPSA) is 58.6 Å². The van der Waals surface area contributed by atoms with Crippen LogP contribution in [-0.2, 0) is 4.79 Å². The number of benzene rings is 2. The van der Waals surface area contributed by atoms with Crippen LogP contribution in [0.5, 0.6) is 5.75 Å². The zero-order chi connectivity index (χ0) is 18.6. The first-order valence-corrected chi connectivity index (χ1v) is 8.17. The molecule has 0 heterocycles. The highest BCUT2D eigenvalue weighted by atomic mass is 35.5. The van der Waals surface area contributed by atoms with Gasteiger partial charge >= 0.3 is 0 Å². The Bertz CT molecular complexity index is 803. The van der Waals surface area contributed by atoms with Crippen molar-refractivity contribution in [3.63, 3.8) is 0 Å². The second-order valence-corrected chi connectivity index (χ2v) is 6.41. The molecule has 0 bridgehead atoms. The minimum atomic E-state index is -0.351. The largest absolute Gasteiger partial charge is 0.483 e. The first kappa shape index (κ1) is 18.8. The zero-order valence-electron chi connectivity index (χ0n) is 14.7. The number of carbonyl (C=O) groups excluding carboxylic acids is 2. The van der Waals surface area contributed by atoms with Gasteiger partial charge in [0.2, 0.25) is 0 Å². The third kappa shape index (κ3) is 4.97. The lowest BCUT2D eigenvalue weighted by molar-refractivity contribution is -0.118. The van der Waals surface area contributed by atoms with Gasteiger partial charge in [-0.1, -0.05) is 29.3 Å². The van der Waals surface area contributed by atoms with E-state index in [1.807, 2.05) is 32.0 Å². The predicted octanol–water partition coefficient (Wildman–Crippen LogP) is 3.68. The lowest BCUT2D eigenvalue weighted by Crippen LogP contribution is -2.23. The van der Waals surface area contributed by atoms with Crippen LogP contribution in [0.3, 0.4) is 0 Å². The van der Waals surface area contributed by atoms with Crippen LogP contribution in [0.1, 0.15) is 21.5 Å². The third-order valence-corrected chi connectivity index (χ3v) is 3.91. The Morgan fingerprint density at radius 1 is 1.12 bits per heavy atom. The van der Waals surface area contributed by atoms with Crippen LogP contribution in [0.25, 0.3) is 0 Å². The van der Waals surface area contributed by atoms with Crippen LogP contribution in [0.4, 0.5) is 5.69 Å². The molecular formula is C19H21ClN2O3. The van der Waals surface area contributed by atoms with E-state index in [0.717, 1.165) is 11.1 Å². The number of amides is 2. The van der Waals surface area contributed by atoms with Gasteiger partial charge in [-0.25, -0.2) is 0 Å². The Morgan fingerprint density at radius 2 is 1.84 bits per heavy atom. The maximum absolute atomic E-state index is 12.1. The number of hydrogen-bond donors (Lipinski definition) is 1. The molecule has 0 aromatic heterocycles. The number of aryl methyl sites for hydroxylation is 2. The van der Waals surface area contributed by atoms with Gasteiger partial charge in [0.15, 0.2) is 6.61 Å². The number of ether oxygens (including phenoxy) is 1. The summed E-state index contributed by atoms with van der Waals surface area (Å²) in [5.74, 6) is 0.137. The molecule has 2 rings (SSSR count). The van der Waals surface area contributed by atoms with Crippen molar-refractivity contribution in [2.45, 2.75) is 13.8 Å². The summed E-state index contributed by atoms with van der Waals surface area (Å²) in [7, 11) is 3.32. The number of carbonyl (C=O) groups is 2. The van der Waals surface area contributed by atoms with Crippen molar-refractivity contribution in [3.05, 3.63) is 58.1 Å². The summed E-state index contributed by atoms with van der Waals surface area (Å²) < 4.78 is 5.55. The van der Waals surface area contributed by atoms with Crippen molar-refractivity contribution in [2.75, 3.05) is 26.0 Å². The molecule has 0 unspecified atom stereocenters. The van der Waals surface area contributed by atoms with Crippen LogP contribution in [0.2, 0.25) is 5.02 Å². The first-order valence-electron chi connectivity index (χ1n) is 7.79. The summed E-state index contributed by atoms with van der Waals surface area (Å²) in [6.45, 7) is 3.77. The standard InChI is InChI=1S/C19H21ClN2O3/c1-12-5-8-17(13(2)9-12)25-11-18(23)21-16-10-14(6-7-15(16)20)19(24)22(3)4/h5-10H,11H2,1-4H3,(H,21,23). The van der Waals surface area contributed by atoms with Gasteiger partial charge in [-0.2, -0.15) is 0 Å². The summed E-state index contributed by atoms with van der Waals surface area (Å²) in [5, 5.41) is 3.04. The second-order valence-electron chi connectivity index (χ2n) is 6.00. The monoisotopic (exact) mass is 360 g/mol. The van der Waals surface area contributed by atoms with Gasteiger partial charge in [0.25, 0.3) is 11.8 Å². The number of nitrogens with zero attached hydrogens (tertiary/aromatic N) is 1. The van der Waals surface area contributed by atoms with E-state index in [-0.39, 0.29) is 18.4 Å². The molecule has 2 aromatic rings. The summed E-state index contributed by atoms with van der Waals surface area (Å²) in [4.78, 5) is 25.6. The molecule has 0 saturated heterocycles.